The van der Waals surface area contributed by atoms with Crippen LogP contribution in [0.1, 0.15) is 33.6 Å². The topological polar surface area (TPSA) is 45.1 Å². The maximum absolute atomic E-state index is 12.1. The lowest BCUT2D eigenvalue weighted by molar-refractivity contribution is 0.00843. The number of nitrogens with zero attached hydrogens (tertiary/aromatic N) is 3. The van der Waals surface area contributed by atoms with E-state index in [0.717, 1.165) is 19.4 Å². The molecular weight excluding hydrogens is 230 g/mol. The van der Waals surface area contributed by atoms with E-state index in [1.165, 1.54) is 0 Å². The van der Waals surface area contributed by atoms with Gasteiger partial charge in [0.15, 0.2) is 0 Å². The first-order valence-electron chi connectivity index (χ1n) is 6.39. The number of aliphatic imine (C=N–C) groups is 1. The third kappa shape index (κ3) is 3.03. The number of allylic oxidation sites excluding steroid dienone is 1. The number of ether oxygens (including phenoxy) is 1. The summed E-state index contributed by atoms with van der Waals surface area (Å²) in [7, 11) is 0. The van der Waals surface area contributed by atoms with Crippen LogP contribution < -0.4 is 0 Å². The molecule has 0 aliphatic carbocycles. The van der Waals surface area contributed by atoms with Crippen molar-refractivity contribution in [2.45, 2.75) is 45.4 Å². The fourth-order valence-corrected chi connectivity index (χ4v) is 2.22. The van der Waals surface area contributed by atoms with Gasteiger partial charge in [-0.3, -0.25) is 9.89 Å². The quantitative estimate of drug-likeness (QED) is 0.717. The van der Waals surface area contributed by atoms with Gasteiger partial charge in [0, 0.05) is 19.0 Å². The Morgan fingerprint density at radius 2 is 2.22 bits per heavy atom. The summed E-state index contributed by atoms with van der Waals surface area (Å²) in [4.78, 5) is 20.2. The van der Waals surface area contributed by atoms with E-state index in [9.17, 15) is 4.79 Å². The summed E-state index contributed by atoms with van der Waals surface area (Å²) in [6, 6.07) is 0. The predicted octanol–water partition coefficient (Wildman–Crippen LogP) is 2.20. The van der Waals surface area contributed by atoms with Crippen molar-refractivity contribution in [1.82, 2.24) is 9.80 Å². The van der Waals surface area contributed by atoms with Crippen molar-refractivity contribution in [3.63, 3.8) is 0 Å². The molecule has 2 rings (SSSR count). The monoisotopic (exact) mass is 251 g/mol. The van der Waals surface area contributed by atoms with Crippen LogP contribution in [0.5, 0.6) is 0 Å². The first kappa shape index (κ1) is 12.9. The molecule has 0 N–H and O–H groups in total. The smallest absolute Gasteiger partial charge is 0.411 e. The van der Waals surface area contributed by atoms with Crippen LogP contribution in [0.4, 0.5) is 4.79 Å². The Kier molecular flexibility index (Phi) is 3.59. The van der Waals surface area contributed by atoms with Gasteiger partial charge in [0.2, 0.25) is 0 Å². The molecule has 0 aromatic rings. The van der Waals surface area contributed by atoms with E-state index in [4.69, 9.17) is 4.74 Å². The Labute approximate surface area is 108 Å². The van der Waals surface area contributed by atoms with Crippen molar-refractivity contribution in [1.29, 1.82) is 0 Å². The Morgan fingerprint density at radius 1 is 1.44 bits per heavy atom. The highest BCUT2D eigenvalue weighted by Crippen LogP contribution is 2.24. The lowest BCUT2D eigenvalue weighted by Gasteiger charge is -2.35. The molecular formula is C13H21N3O2. The summed E-state index contributed by atoms with van der Waals surface area (Å²) in [6.07, 6.45) is 7.50. The van der Waals surface area contributed by atoms with E-state index in [1.54, 1.807) is 11.1 Å². The molecule has 0 aromatic carbocycles. The first-order chi connectivity index (χ1) is 8.47. The van der Waals surface area contributed by atoms with Gasteiger partial charge in [0.05, 0.1) is 0 Å². The van der Waals surface area contributed by atoms with Gasteiger partial charge in [-0.2, -0.15) is 0 Å². The predicted molar refractivity (Wildman–Crippen MR) is 70.3 cm³/mol. The summed E-state index contributed by atoms with van der Waals surface area (Å²) in [5.74, 6) is 0. The molecule has 1 unspecified atom stereocenters. The van der Waals surface area contributed by atoms with E-state index >= 15 is 0 Å². The van der Waals surface area contributed by atoms with Crippen LogP contribution in [0.2, 0.25) is 0 Å². The molecule has 1 fully saturated rings. The van der Waals surface area contributed by atoms with Crippen LogP contribution in [-0.2, 0) is 4.74 Å². The van der Waals surface area contributed by atoms with Crippen LogP contribution in [0.15, 0.2) is 17.3 Å². The largest absolute Gasteiger partial charge is 0.444 e. The normalized spacial score (nSPS) is 23.6. The van der Waals surface area contributed by atoms with Crippen molar-refractivity contribution in [3.05, 3.63) is 12.3 Å². The minimum atomic E-state index is -0.444. The lowest BCUT2D eigenvalue weighted by Crippen LogP contribution is -2.47. The Morgan fingerprint density at radius 3 is 2.83 bits per heavy atom. The summed E-state index contributed by atoms with van der Waals surface area (Å²) in [6.45, 7) is 7.04. The van der Waals surface area contributed by atoms with Gasteiger partial charge in [0.1, 0.15) is 18.4 Å². The maximum Gasteiger partial charge on any atom is 0.411 e. The highest BCUT2D eigenvalue weighted by molar-refractivity contribution is 5.72. The summed E-state index contributed by atoms with van der Waals surface area (Å²) in [5.41, 5.74) is -0.444. The van der Waals surface area contributed by atoms with Gasteiger partial charge < -0.3 is 9.64 Å². The number of likely N-dealkylation sites (tertiary alicyclic amines) is 1. The molecule has 100 valence electrons. The van der Waals surface area contributed by atoms with E-state index in [1.807, 2.05) is 33.0 Å². The number of rotatable bonds is 1. The summed E-state index contributed by atoms with van der Waals surface area (Å²) in [5, 5.41) is 0. The average Bonchev–Trinajstić information content (AvgIpc) is 2.76. The van der Waals surface area contributed by atoms with Gasteiger partial charge in [-0.25, -0.2) is 4.79 Å². The molecule has 0 bridgehead atoms. The molecule has 2 aliphatic rings. The lowest BCUT2D eigenvalue weighted by atomic mass is 10.2. The standard InChI is InChI=1S/C13H21N3O2/c1-13(2,3)18-12(17)16-9-4-6-11(16)15-8-5-7-14-10-15/h5,7-8,11H,4,6,9-10H2,1-3H3. The second-order valence-electron chi connectivity index (χ2n) is 5.63. The third-order valence-corrected chi connectivity index (χ3v) is 2.95. The van der Waals surface area contributed by atoms with Crippen LogP contribution >= 0.6 is 0 Å². The highest BCUT2D eigenvalue weighted by atomic mass is 16.6. The average molecular weight is 251 g/mol. The van der Waals surface area contributed by atoms with Crippen molar-refractivity contribution in [2.75, 3.05) is 13.2 Å². The fraction of sp³-hybridized carbons (Fsp3) is 0.692. The van der Waals surface area contributed by atoms with Gasteiger partial charge in [-0.1, -0.05) is 0 Å². The van der Waals surface area contributed by atoms with E-state index in [0.29, 0.717) is 6.67 Å². The number of carbonyl (C=O) groups is 1. The zero-order valence-corrected chi connectivity index (χ0v) is 11.3. The Balaban J connectivity index is 2.01. The molecule has 0 saturated carbocycles. The van der Waals surface area contributed by atoms with Crippen molar-refractivity contribution in [3.8, 4) is 0 Å². The number of carbonyl (C=O) groups excluding carboxylic acids is 1. The molecule has 18 heavy (non-hydrogen) atoms. The zero-order chi connectivity index (χ0) is 13.2. The third-order valence-electron chi connectivity index (χ3n) is 2.95. The summed E-state index contributed by atoms with van der Waals surface area (Å²) >= 11 is 0. The Bertz CT molecular complexity index is 371. The molecule has 2 heterocycles. The molecule has 1 amide bonds. The van der Waals surface area contributed by atoms with E-state index in [2.05, 4.69) is 9.89 Å². The Hall–Kier alpha value is -1.52. The van der Waals surface area contributed by atoms with E-state index < -0.39 is 5.60 Å². The summed E-state index contributed by atoms with van der Waals surface area (Å²) < 4.78 is 5.44. The second-order valence-corrected chi connectivity index (χ2v) is 5.63. The fourth-order valence-electron chi connectivity index (χ4n) is 2.22. The molecule has 0 aromatic heterocycles. The van der Waals surface area contributed by atoms with Crippen molar-refractivity contribution >= 4 is 12.3 Å². The van der Waals surface area contributed by atoms with Crippen LogP contribution in [0.25, 0.3) is 0 Å². The van der Waals surface area contributed by atoms with Crippen molar-refractivity contribution in [2.24, 2.45) is 4.99 Å². The van der Waals surface area contributed by atoms with Crippen LogP contribution in [0, 0.1) is 0 Å². The van der Waals surface area contributed by atoms with Crippen molar-refractivity contribution < 1.29 is 9.53 Å². The first-order valence-corrected chi connectivity index (χ1v) is 6.39. The van der Waals surface area contributed by atoms with Gasteiger partial charge in [0.25, 0.3) is 0 Å². The number of hydrogen-bond donors (Lipinski definition) is 0. The maximum atomic E-state index is 12.1. The molecule has 5 heteroatoms. The minimum Gasteiger partial charge on any atom is -0.444 e. The van der Waals surface area contributed by atoms with Gasteiger partial charge in [-0.05, 0) is 39.7 Å². The number of hydrogen-bond acceptors (Lipinski definition) is 4. The zero-order valence-electron chi connectivity index (χ0n) is 11.3. The number of amides is 1. The molecule has 1 atom stereocenters. The molecule has 1 saturated heterocycles. The SMILES string of the molecule is CC(C)(C)OC(=O)N1CCCC1N1C=CC=NC1. The van der Waals surface area contributed by atoms with Gasteiger partial charge >= 0.3 is 6.09 Å². The molecule has 2 aliphatic heterocycles. The molecule has 0 radical (unpaired) electrons. The van der Waals surface area contributed by atoms with Crippen LogP contribution in [-0.4, -0.2) is 47.1 Å². The van der Waals surface area contributed by atoms with Gasteiger partial charge in [-0.15, -0.1) is 0 Å². The second kappa shape index (κ2) is 5.00. The molecule has 0 spiro atoms. The highest BCUT2D eigenvalue weighted by Gasteiger charge is 2.34. The molecule has 5 nitrogen and oxygen atoms in total. The van der Waals surface area contributed by atoms with Crippen LogP contribution in [0.3, 0.4) is 0 Å². The minimum absolute atomic E-state index is 0.0774. The van der Waals surface area contributed by atoms with E-state index in [-0.39, 0.29) is 12.3 Å².